The zero-order valence-corrected chi connectivity index (χ0v) is 11.0. The van der Waals surface area contributed by atoms with Crippen LogP contribution in [0.15, 0.2) is 18.6 Å². The standard InChI is InChI=1S/C13H19N5/c1-4-8(2)11(14)13-17-7-10(18-13)12-9(3)15-5-6-16-12/h5-8,11H,4,14H2,1-3H3,(H,17,18). The lowest BCUT2D eigenvalue weighted by molar-refractivity contribution is 0.441. The van der Waals surface area contributed by atoms with Crippen LogP contribution in [0.25, 0.3) is 11.4 Å². The molecule has 2 aromatic heterocycles. The molecular formula is C13H19N5. The maximum Gasteiger partial charge on any atom is 0.123 e. The van der Waals surface area contributed by atoms with Crippen LogP contribution in [0.5, 0.6) is 0 Å². The van der Waals surface area contributed by atoms with Gasteiger partial charge in [-0.25, -0.2) is 4.98 Å². The van der Waals surface area contributed by atoms with Crippen LogP contribution in [0.1, 0.15) is 37.8 Å². The molecule has 0 aliphatic rings. The minimum absolute atomic E-state index is 0.0688. The Morgan fingerprint density at radius 1 is 1.28 bits per heavy atom. The molecule has 0 aliphatic heterocycles. The predicted molar refractivity (Wildman–Crippen MR) is 70.7 cm³/mol. The van der Waals surface area contributed by atoms with Gasteiger partial charge in [0.2, 0.25) is 0 Å². The number of aromatic nitrogens is 4. The lowest BCUT2D eigenvalue weighted by Gasteiger charge is -2.15. The minimum atomic E-state index is -0.0688. The van der Waals surface area contributed by atoms with E-state index >= 15 is 0 Å². The smallest absolute Gasteiger partial charge is 0.123 e. The number of aromatic amines is 1. The summed E-state index contributed by atoms with van der Waals surface area (Å²) in [6.07, 6.45) is 6.16. The number of nitrogens with two attached hydrogens (primary N) is 1. The third-order valence-corrected chi connectivity index (χ3v) is 3.30. The maximum absolute atomic E-state index is 6.15. The van der Waals surface area contributed by atoms with Gasteiger partial charge >= 0.3 is 0 Å². The molecule has 2 atom stereocenters. The Kier molecular flexibility index (Phi) is 3.72. The monoisotopic (exact) mass is 245 g/mol. The highest BCUT2D eigenvalue weighted by Gasteiger charge is 2.17. The Bertz CT molecular complexity index is 520. The number of nitrogens with one attached hydrogen (secondary N) is 1. The van der Waals surface area contributed by atoms with Gasteiger partial charge in [0, 0.05) is 12.4 Å². The molecule has 0 spiro atoms. The van der Waals surface area contributed by atoms with E-state index in [9.17, 15) is 0 Å². The number of hydrogen-bond acceptors (Lipinski definition) is 4. The van der Waals surface area contributed by atoms with E-state index in [1.165, 1.54) is 0 Å². The molecule has 5 nitrogen and oxygen atoms in total. The predicted octanol–water partition coefficient (Wildman–Crippen LogP) is 2.22. The third kappa shape index (κ3) is 2.41. The molecule has 3 N–H and O–H groups in total. The van der Waals surface area contributed by atoms with Gasteiger partial charge in [0.25, 0.3) is 0 Å². The maximum atomic E-state index is 6.15. The van der Waals surface area contributed by atoms with Crippen molar-refractivity contribution in [1.29, 1.82) is 0 Å². The number of aryl methyl sites for hydroxylation is 1. The average Bonchev–Trinajstić information content (AvgIpc) is 2.87. The molecule has 2 rings (SSSR count). The topological polar surface area (TPSA) is 80.5 Å². The van der Waals surface area contributed by atoms with E-state index in [0.717, 1.165) is 29.3 Å². The number of H-pyrrole nitrogens is 1. The van der Waals surface area contributed by atoms with Crippen molar-refractivity contribution in [2.45, 2.75) is 33.2 Å². The van der Waals surface area contributed by atoms with Gasteiger partial charge in [0.05, 0.1) is 23.6 Å². The Hall–Kier alpha value is -1.75. The molecule has 0 radical (unpaired) electrons. The highest BCUT2D eigenvalue weighted by atomic mass is 15.0. The Morgan fingerprint density at radius 2 is 2.00 bits per heavy atom. The van der Waals surface area contributed by atoms with Crippen molar-refractivity contribution < 1.29 is 0 Å². The first kappa shape index (κ1) is 12.7. The first-order valence-corrected chi connectivity index (χ1v) is 6.22. The second-order valence-electron chi connectivity index (χ2n) is 4.58. The molecule has 0 saturated heterocycles. The molecule has 0 aliphatic carbocycles. The van der Waals surface area contributed by atoms with E-state index in [1.54, 1.807) is 18.6 Å². The van der Waals surface area contributed by atoms with Crippen LogP contribution in [0.4, 0.5) is 0 Å². The molecular weight excluding hydrogens is 226 g/mol. The van der Waals surface area contributed by atoms with Crippen molar-refractivity contribution >= 4 is 0 Å². The minimum Gasteiger partial charge on any atom is -0.339 e. The second-order valence-corrected chi connectivity index (χ2v) is 4.58. The van der Waals surface area contributed by atoms with Gasteiger partial charge in [-0.1, -0.05) is 20.3 Å². The van der Waals surface area contributed by atoms with Gasteiger partial charge in [-0.05, 0) is 12.8 Å². The van der Waals surface area contributed by atoms with Crippen LogP contribution in [-0.4, -0.2) is 19.9 Å². The molecule has 0 saturated carbocycles. The highest BCUT2D eigenvalue weighted by Crippen LogP contribution is 2.23. The summed E-state index contributed by atoms with van der Waals surface area (Å²) in [4.78, 5) is 16.1. The zero-order chi connectivity index (χ0) is 13.1. The molecule has 2 aromatic rings. The van der Waals surface area contributed by atoms with Crippen molar-refractivity contribution in [2.75, 3.05) is 0 Å². The lowest BCUT2D eigenvalue weighted by atomic mass is 10.00. The molecule has 0 fully saturated rings. The largest absolute Gasteiger partial charge is 0.339 e. The van der Waals surface area contributed by atoms with Crippen molar-refractivity contribution in [2.24, 2.45) is 11.7 Å². The quantitative estimate of drug-likeness (QED) is 0.865. The van der Waals surface area contributed by atoms with Crippen LogP contribution in [0, 0.1) is 12.8 Å². The summed E-state index contributed by atoms with van der Waals surface area (Å²) < 4.78 is 0. The van der Waals surface area contributed by atoms with Gasteiger partial charge < -0.3 is 10.7 Å². The number of hydrogen-bond donors (Lipinski definition) is 2. The lowest BCUT2D eigenvalue weighted by Crippen LogP contribution is -2.19. The summed E-state index contributed by atoms with van der Waals surface area (Å²) in [6, 6.07) is -0.0688. The van der Waals surface area contributed by atoms with E-state index in [-0.39, 0.29) is 6.04 Å². The van der Waals surface area contributed by atoms with Crippen LogP contribution in [-0.2, 0) is 0 Å². The first-order chi connectivity index (χ1) is 8.63. The van der Waals surface area contributed by atoms with Gasteiger partial charge in [-0.2, -0.15) is 0 Å². The summed E-state index contributed by atoms with van der Waals surface area (Å²) in [7, 11) is 0. The average molecular weight is 245 g/mol. The van der Waals surface area contributed by atoms with E-state index in [0.29, 0.717) is 5.92 Å². The SMILES string of the molecule is CCC(C)C(N)c1ncc(-c2nccnc2C)[nH]1. The van der Waals surface area contributed by atoms with Gasteiger partial charge in [-0.15, -0.1) is 0 Å². The number of nitrogens with zero attached hydrogens (tertiary/aromatic N) is 3. The van der Waals surface area contributed by atoms with Crippen LogP contribution in [0.3, 0.4) is 0 Å². The van der Waals surface area contributed by atoms with Crippen molar-refractivity contribution in [3.8, 4) is 11.4 Å². The number of imidazole rings is 1. The molecule has 0 aromatic carbocycles. The Morgan fingerprint density at radius 3 is 2.67 bits per heavy atom. The molecule has 18 heavy (non-hydrogen) atoms. The normalized spacial score (nSPS) is 14.4. The summed E-state index contributed by atoms with van der Waals surface area (Å²) in [5.41, 5.74) is 8.72. The molecule has 0 amide bonds. The molecule has 0 bridgehead atoms. The fraction of sp³-hybridized carbons (Fsp3) is 0.462. The zero-order valence-electron chi connectivity index (χ0n) is 11.0. The second kappa shape index (κ2) is 5.27. The van der Waals surface area contributed by atoms with E-state index < -0.39 is 0 Å². The summed E-state index contributed by atoms with van der Waals surface area (Å²) in [6.45, 7) is 6.18. The highest BCUT2D eigenvalue weighted by molar-refractivity contribution is 5.55. The summed E-state index contributed by atoms with van der Waals surface area (Å²) >= 11 is 0. The van der Waals surface area contributed by atoms with Crippen molar-refractivity contribution in [1.82, 2.24) is 19.9 Å². The first-order valence-electron chi connectivity index (χ1n) is 6.22. The Balaban J connectivity index is 2.29. The molecule has 5 heteroatoms. The third-order valence-electron chi connectivity index (χ3n) is 3.30. The van der Waals surface area contributed by atoms with Crippen LogP contribution >= 0.6 is 0 Å². The molecule has 96 valence electrons. The molecule has 2 unspecified atom stereocenters. The fourth-order valence-corrected chi connectivity index (χ4v) is 1.82. The molecule has 2 heterocycles. The summed E-state index contributed by atoms with van der Waals surface area (Å²) in [5.74, 6) is 1.20. The van der Waals surface area contributed by atoms with E-state index in [4.69, 9.17) is 5.73 Å². The van der Waals surface area contributed by atoms with Crippen LogP contribution < -0.4 is 5.73 Å². The van der Waals surface area contributed by atoms with Gasteiger partial charge in [-0.3, -0.25) is 9.97 Å². The Labute approximate surface area is 107 Å². The van der Waals surface area contributed by atoms with Crippen molar-refractivity contribution in [3.63, 3.8) is 0 Å². The van der Waals surface area contributed by atoms with Crippen molar-refractivity contribution in [3.05, 3.63) is 30.1 Å². The van der Waals surface area contributed by atoms with Gasteiger partial charge in [0.1, 0.15) is 11.5 Å². The van der Waals surface area contributed by atoms with E-state index in [1.807, 2.05) is 6.92 Å². The van der Waals surface area contributed by atoms with Crippen LogP contribution in [0.2, 0.25) is 0 Å². The fourth-order valence-electron chi connectivity index (χ4n) is 1.82. The number of rotatable bonds is 4. The van der Waals surface area contributed by atoms with E-state index in [2.05, 4.69) is 33.8 Å². The summed E-state index contributed by atoms with van der Waals surface area (Å²) in [5, 5.41) is 0. The van der Waals surface area contributed by atoms with Gasteiger partial charge in [0.15, 0.2) is 0 Å².